The highest BCUT2D eigenvalue weighted by molar-refractivity contribution is 7.12. The molecule has 3 aromatic rings. The average molecular weight is 324 g/mol. The van der Waals surface area contributed by atoms with Gasteiger partial charge in [0.2, 0.25) is 0 Å². The summed E-state index contributed by atoms with van der Waals surface area (Å²) in [6, 6.07) is 8.95. The molecule has 0 radical (unpaired) electrons. The predicted octanol–water partition coefficient (Wildman–Crippen LogP) is 4.25. The van der Waals surface area contributed by atoms with Gasteiger partial charge in [-0.15, -0.1) is 11.3 Å². The molecule has 0 saturated heterocycles. The Bertz CT molecular complexity index is 803. The van der Waals surface area contributed by atoms with Gasteiger partial charge in [-0.2, -0.15) is 0 Å². The van der Waals surface area contributed by atoms with Gasteiger partial charge in [0, 0.05) is 0 Å². The number of fused-ring (bicyclic) bond motifs is 1. The zero-order chi connectivity index (χ0) is 14.1. The molecule has 0 aliphatic carbocycles. The van der Waals surface area contributed by atoms with E-state index in [2.05, 4.69) is 15.3 Å². The fraction of sp³-hybridized carbons (Fsp3) is 0. The Hall–Kier alpha value is -1.69. The Kier molecular flexibility index (Phi) is 3.56. The number of rotatable bonds is 2. The molecular formula is C13H7Cl2N3OS. The summed E-state index contributed by atoms with van der Waals surface area (Å²) in [6.45, 7) is 0. The van der Waals surface area contributed by atoms with Crippen molar-refractivity contribution < 1.29 is 4.79 Å². The zero-order valence-electron chi connectivity index (χ0n) is 9.93. The monoisotopic (exact) mass is 323 g/mol. The third kappa shape index (κ3) is 2.47. The van der Waals surface area contributed by atoms with E-state index in [0.717, 1.165) is 0 Å². The Morgan fingerprint density at radius 3 is 2.45 bits per heavy atom. The van der Waals surface area contributed by atoms with Gasteiger partial charge in [-0.3, -0.25) is 4.79 Å². The minimum atomic E-state index is -0.350. The zero-order valence-corrected chi connectivity index (χ0v) is 12.3. The fourth-order valence-electron chi connectivity index (χ4n) is 1.68. The first kappa shape index (κ1) is 13.3. The number of carbonyl (C=O) groups is 1. The first-order chi connectivity index (χ1) is 9.65. The molecule has 0 aliphatic heterocycles. The smallest absolute Gasteiger partial charge is 0.268 e. The first-order valence-electron chi connectivity index (χ1n) is 5.62. The maximum atomic E-state index is 12.1. The number of anilines is 1. The maximum absolute atomic E-state index is 12.1. The molecule has 0 unspecified atom stereocenters. The van der Waals surface area contributed by atoms with Crippen molar-refractivity contribution in [1.29, 1.82) is 0 Å². The van der Waals surface area contributed by atoms with Crippen molar-refractivity contribution in [2.45, 2.75) is 0 Å². The van der Waals surface area contributed by atoms with Gasteiger partial charge < -0.3 is 5.32 Å². The Labute approximate surface area is 128 Å². The maximum Gasteiger partial charge on any atom is 0.268 e. The molecule has 0 bridgehead atoms. The predicted molar refractivity (Wildman–Crippen MR) is 81.8 cm³/mol. The third-order valence-corrected chi connectivity index (χ3v) is 4.19. The second-order valence-electron chi connectivity index (χ2n) is 3.90. The number of halogens is 2. The Balaban J connectivity index is 1.96. The van der Waals surface area contributed by atoms with Crippen LogP contribution >= 0.6 is 34.5 Å². The molecule has 1 amide bonds. The van der Waals surface area contributed by atoms with Crippen LogP contribution in [0.3, 0.4) is 0 Å². The number of para-hydroxylation sites is 2. The van der Waals surface area contributed by atoms with E-state index < -0.39 is 0 Å². The number of thiophene rings is 1. The van der Waals surface area contributed by atoms with E-state index in [1.807, 2.05) is 12.1 Å². The molecule has 20 heavy (non-hydrogen) atoms. The van der Waals surface area contributed by atoms with Gasteiger partial charge >= 0.3 is 0 Å². The van der Waals surface area contributed by atoms with Crippen molar-refractivity contribution in [3.05, 3.63) is 50.8 Å². The number of amides is 1. The molecule has 2 heterocycles. The van der Waals surface area contributed by atoms with Gasteiger partial charge in [0.05, 0.1) is 16.1 Å². The van der Waals surface area contributed by atoms with Crippen molar-refractivity contribution in [1.82, 2.24) is 9.97 Å². The highest BCUT2D eigenvalue weighted by Gasteiger charge is 2.15. The summed E-state index contributed by atoms with van der Waals surface area (Å²) in [7, 11) is 0. The largest absolute Gasteiger partial charge is 0.303 e. The summed E-state index contributed by atoms with van der Waals surface area (Å²) in [4.78, 5) is 21.0. The molecule has 7 heteroatoms. The van der Waals surface area contributed by atoms with E-state index in [-0.39, 0.29) is 16.9 Å². The van der Waals surface area contributed by atoms with Crippen LogP contribution in [0.2, 0.25) is 10.2 Å². The number of aromatic nitrogens is 2. The lowest BCUT2D eigenvalue weighted by atomic mass is 10.3. The summed E-state index contributed by atoms with van der Waals surface area (Å²) < 4.78 is 0. The summed E-state index contributed by atoms with van der Waals surface area (Å²) in [5.74, 6) is -0.128. The standard InChI is InChI=1S/C13H7Cl2N3OS/c14-7-5-6-20-10(7)13(19)18-12-11(15)16-8-3-1-2-4-9(8)17-12/h1-6H,(H,17,18,19). The van der Waals surface area contributed by atoms with Gasteiger partial charge in [0.1, 0.15) is 4.88 Å². The van der Waals surface area contributed by atoms with Crippen LogP contribution in [0.25, 0.3) is 11.0 Å². The summed E-state index contributed by atoms with van der Waals surface area (Å²) in [5.41, 5.74) is 1.33. The van der Waals surface area contributed by atoms with Crippen LogP contribution < -0.4 is 5.32 Å². The number of carbonyl (C=O) groups excluding carboxylic acids is 1. The lowest BCUT2D eigenvalue weighted by Gasteiger charge is -2.06. The summed E-state index contributed by atoms with van der Waals surface area (Å²) in [5, 5.41) is 4.91. The molecular weight excluding hydrogens is 317 g/mol. The molecule has 0 spiro atoms. The number of benzene rings is 1. The number of hydrogen-bond donors (Lipinski definition) is 1. The Morgan fingerprint density at radius 1 is 1.10 bits per heavy atom. The third-order valence-electron chi connectivity index (χ3n) is 2.58. The topological polar surface area (TPSA) is 54.9 Å². The molecule has 1 aromatic carbocycles. The quantitative estimate of drug-likeness (QED) is 0.767. The lowest BCUT2D eigenvalue weighted by Crippen LogP contribution is -2.12. The molecule has 0 saturated carbocycles. The first-order valence-corrected chi connectivity index (χ1v) is 7.25. The van der Waals surface area contributed by atoms with Gasteiger partial charge in [-0.05, 0) is 23.6 Å². The second-order valence-corrected chi connectivity index (χ2v) is 5.58. The van der Waals surface area contributed by atoms with Crippen LogP contribution in [-0.2, 0) is 0 Å². The van der Waals surface area contributed by atoms with E-state index in [4.69, 9.17) is 23.2 Å². The van der Waals surface area contributed by atoms with E-state index in [9.17, 15) is 4.79 Å². The van der Waals surface area contributed by atoms with Crippen molar-refractivity contribution in [3.8, 4) is 0 Å². The van der Waals surface area contributed by atoms with Crippen molar-refractivity contribution in [3.63, 3.8) is 0 Å². The van der Waals surface area contributed by atoms with Crippen LogP contribution in [0, 0.1) is 0 Å². The van der Waals surface area contributed by atoms with Crippen LogP contribution in [0.4, 0.5) is 5.82 Å². The molecule has 4 nitrogen and oxygen atoms in total. The van der Waals surface area contributed by atoms with E-state index in [1.54, 1.807) is 23.6 Å². The van der Waals surface area contributed by atoms with Crippen molar-refractivity contribution in [2.75, 3.05) is 5.32 Å². The summed E-state index contributed by atoms with van der Waals surface area (Å²) >= 11 is 13.2. The van der Waals surface area contributed by atoms with Gasteiger partial charge in [0.25, 0.3) is 5.91 Å². The highest BCUT2D eigenvalue weighted by Crippen LogP contribution is 2.25. The molecule has 100 valence electrons. The molecule has 0 fully saturated rings. The van der Waals surface area contributed by atoms with Gasteiger partial charge in [-0.1, -0.05) is 35.3 Å². The van der Waals surface area contributed by atoms with E-state index in [1.165, 1.54) is 11.3 Å². The molecule has 3 rings (SSSR count). The van der Waals surface area contributed by atoms with E-state index in [0.29, 0.717) is 20.9 Å². The highest BCUT2D eigenvalue weighted by atomic mass is 35.5. The number of nitrogens with one attached hydrogen (secondary N) is 1. The van der Waals surface area contributed by atoms with Gasteiger partial charge in [0.15, 0.2) is 11.0 Å². The molecule has 2 aromatic heterocycles. The molecule has 0 atom stereocenters. The minimum absolute atomic E-state index is 0.143. The SMILES string of the molecule is O=C(Nc1nc2ccccc2nc1Cl)c1sccc1Cl. The number of hydrogen-bond acceptors (Lipinski definition) is 4. The lowest BCUT2D eigenvalue weighted by molar-refractivity contribution is 0.103. The van der Waals surface area contributed by atoms with Gasteiger partial charge in [-0.25, -0.2) is 9.97 Å². The fourth-order valence-corrected chi connectivity index (χ4v) is 2.89. The van der Waals surface area contributed by atoms with Crippen LogP contribution in [0.5, 0.6) is 0 Å². The minimum Gasteiger partial charge on any atom is -0.303 e. The van der Waals surface area contributed by atoms with E-state index >= 15 is 0 Å². The molecule has 1 N–H and O–H groups in total. The van der Waals surface area contributed by atoms with Crippen molar-refractivity contribution in [2.24, 2.45) is 0 Å². The Morgan fingerprint density at radius 2 is 1.80 bits per heavy atom. The number of nitrogens with zero attached hydrogens (tertiary/aromatic N) is 2. The average Bonchev–Trinajstić information content (AvgIpc) is 2.86. The summed E-state index contributed by atoms with van der Waals surface area (Å²) in [6.07, 6.45) is 0. The van der Waals surface area contributed by atoms with Crippen LogP contribution in [-0.4, -0.2) is 15.9 Å². The second kappa shape index (κ2) is 5.36. The normalized spacial score (nSPS) is 10.7. The molecule has 0 aliphatic rings. The van der Waals surface area contributed by atoms with Crippen LogP contribution in [0.15, 0.2) is 35.7 Å². The van der Waals surface area contributed by atoms with Crippen LogP contribution in [0.1, 0.15) is 9.67 Å². The van der Waals surface area contributed by atoms with Crippen molar-refractivity contribution >= 4 is 57.3 Å².